The molecule has 0 aromatic rings. The van der Waals surface area contributed by atoms with Gasteiger partial charge in [0, 0.05) is 0 Å². The van der Waals surface area contributed by atoms with Gasteiger partial charge in [-0.25, -0.2) is 0 Å². The maximum absolute atomic E-state index is 10.5. The van der Waals surface area contributed by atoms with Gasteiger partial charge in [0.1, 0.15) is 0 Å². The quantitative estimate of drug-likeness (QED) is 0.422. The van der Waals surface area contributed by atoms with Crippen molar-refractivity contribution in [3.05, 3.63) is 19.1 Å². The van der Waals surface area contributed by atoms with Crippen LogP contribution in [0, 0.1) is 6.92 Å². The summed E-state index contributed by atoms with van der Waals surface area (Å²) in [6, 6.07) is 0. The van der Waals surface area contributed by atoms with Crippen LogP contribution in [0.4, 0.5) is 0 Å². The van der Waals surface area contributed by atoms with Gasteiger partial charge in [0.25, 0.3) is 0 Å². The van der Waals surface area contributed by atoms with Crippen molar-refractivity contribution >= 4 is 5.97 Å². The summed E-state index contributed by atoms with van der Waals surface area (Å²) < 4.78 is 4.54. The van der Waals surface area contributed by atoms with Crippen molar-refractivity contribution in [2.75, 3.05) is 6.61 Å². The third-order valence-corrected chi connectivity index (χ3v) is 0.783. The molecule has 0 aromatic carbocycles. The predicted octanol–water partition coefficient (Wildman–Crippen LogP) is 1.33. The van der Waals surface area contributed by atoms with Crippen LogP contribution in [-0.4, -0.2) is 12.6 Å². The fourth-order valence-corrected chi connectivity index (χ4v) is 0.387. The number of hydrogen-bond donors (Lipinski definition) is 0. The SMILES string of the molecule is [CH2]COC(=O)CC=CC. The zero-order valence-corrected chi connectivity index (χ0v) is 5.59. The van der Waals surface area contributed by atoms with Gasteiger partial charge in [-0.05, 0) is 13.8 Å². The first-order chi connectivity index (χ1) is 4.31. The van der Waals surface area contributed by atoms with Gasteiger partial charge < -0.3 is 4.74 Å². The summed E-state index contributed by atoms with van der Waals surface area (Å²) in [5, 5.41) is 0. The van der Waals surface area contributed by atoms with E-state index in [1.165, 1.54) is 0 Å². The maximum atomic E-state index is 10.5. The van der Waals surface area contributed by atoms with E-state index in [9.17, 15) is 4.79 Å². The van der Waals surface area contributed by atoms with Gasteiger partial charge in [0.05, 0.1) is 13.0 Å². The maximum Gasteiger partial charge on any atom is 0.309 e. The van der Waals surface area contributed by atoms with Crippen molar-refractivity contribution in [2.45, 2.75) is 13.3 Å². The lowest BCUT2D eigenvalue weighted by molar-refractivity contribution is -0.141. The molecule has 0 aliphatic rings. The molecule has 0 unspecified atom stereocenters. The first-order valence-corrected chi connectivity index (χ1v) is 2.87. The monoisotopic (exact) mass is 127 g/mol. The van der Waals surface area contributed by atoms with Crippen molar-refractivity contribution in [3.63, 3.8) is 0 Å². The zero-order valence-electron chi connectivity index (χ0n) is 5.59. The van der Waals surface area contributed by atoms with Crippen LogP contribution in [0.3, 0.4) is 0 Å². The Morgan fingerprint density at radius 2 is 2.44 bits per heavy atom. The number of ether oxygens (including phenoxy) is 1. The molecule has 0 heterocycles. The van der Waals surface area contributed by atoms with Crippen LogP contribution in [0.15, 0.2) is 12.2 Å². The molecule has 0 saturated carbocycles. The third kappa shape index (κ3) is 5.07. The third-order valence-electron chi connectivity index (χ3n) is 0.783. The Labute approximate surface area is 55.5 Å². The van der Waals surface area contributed by atoms with E-state index in [2.05, 4.69) is 11.7 Å². The van der Waals surface area contributed by atoms with E-state index in [-0.39, 0.29) is 12.6 Å². The first kappa shape index (κ1) is 8.21. The summed E-state index contributed by atoms with van der Waals surface area (Å²) >= 11 is 0. The van der Waals surface area contributed by atoms with Crippen molar-refractivity contribution in [2.24, 2.45) is 0 Å². The van der Waals surface area contributed by atoms with E-state index in [0.29, 0.717) is 6.42 Å². The van der Waals surface area contributed by atoms with Gasteiger partial charge in [-0.3, -0.25) is 4.79 Å². The number of allylic oxidation sites excluding steroid dienone is 1. The number of carbonyl (C=O) groups excluding carboxylic acids is 1. The van der Waals surface area contributed by atoms with Gasteiger partial charge in [-0.1, -0.05) is 12.2 Å². The first-order valence-electron chi connectivity index (χ1n) is 2.87. The van der Waals surface area contributed by atoms with Gasteiger partial charge in [-0.15, -0.1) is 0 Å². The molecule has 0 fully saturated rings. The molecule has 2 nitrogen and oxygen atoms in total. The summed E-state index contributed by atoms with van der Waals surface area (Å²) in [6.07, 6.45) is 3.91. The van der Waals surface area contributed by atoms with Gasteiger partial charge in [-0.2, -0.15) is 0 Å². The highest BCUT2D eigenvalue weighted by Crippen LogP contribution is 1.86. The summed E-state index contributed by atoms with van der Waals surface area (Å²) in [5.41, 5.74) is 0. The zero-order chi connectivity index (χ0) is 7.11. The molecule has 0 N–H and O–H groups in total. The summed E-state index contributed by atoms with van der Waals surface area (Å²) in [7, 11) is 0. The molecule has 0 aromatic heterocycles. The molecular formula is C7H11O2. The standard InChI is InChI=1S/C7H11O2/c1-3-5-6-7(8)9-4-2/h3,5H,2,4,6H2,1H3. The van der Waals surface area contributed by atoms with Crippen LogP contribution in [0.5, 0.6) is 0 Å². The number of rotatable bonds is 3. The lowest BCUT2D eigenvalue weighted by atomic mass is 10.4. The predicted molar refractivity (Wildman–Crippen MR) is 35.7 cm³/mol. The molecule has 0 rings (SSSR count). The Balaban J connectivity index is 3.27. The summed E-state index contributed by atoms with van der Waals surface area (Å²) in [5.74, 6) is -0.219. The topological polar surface area (TPSA) is 26.3 Å². The number of esters is 1. The van der Waals surface area contributed by atoms with E-state index in [4.69, 9.17) is 0 Å². The van der Waals surface area contributed by atoms with E-state index < -0.39 is 0 Å². The molecule has 0 amide bonds. The van der Waals surface area contributed by atoms with Gasteiger partial charge >= 0.3 is 5.97 Å². The Bertz CT molecular complexity index is 105. The largest absolute Gasteiger partial charge is 0.465 e. The van der Waals surface area contributed by atoms with Crippen molar-refractivity contribution in [1.29, 1.82) is 0 Å². The lowest BCUT2D eigenvalue weighted by Crippen LogP contribution is -2.01. The Hall–Kier alpha value is -0.790. The molecule has 0 aliphatic carbocycles. The highest BCUT2D eigenvalue weighted by molar-refractivity contribution is 5.71. The second-order valence-corrected chi connectivity index (χ2v) is 1.49. The van der Waals surface area contributed by atoms with Crippen molar-refractivity contribution in [1.82, 2.24) is 0 Å². The highest BCUT2D eigenvalue weighted by Gasteiger charge is 1.94. The molecule has 0 atom stereocenters. The lowest BCUT2D eigenvalue weighted by Gasteiger charge is -1.95. The molecular weight excluding hydrogens is 116 g/mol. The Morgan fingerprint density at radius 1 is 1.78 bits per heavy atom. The van der Waals surface area contributed by atoms with Crippen molar-refractivity contribution < 1.29 is 9.53 Å². The van der Waals surface area contributed by atoms with Gasteiger partial charge in [0.2, 0.25) is 0 Å². The second-order valence-electron chi connectivity index (χ2n) is 1.49. The molecule has 0 aliphatic heterocycles. The normalized spacial score (nSPS) is 10.0. The molecule has 0 spiro atoms. The average molecular weight is 127 g/mol. The molecule has 9 heavy (non-hydrogen) atoms. The van der Waals surface area contributed by atoms with E-state index in [1.54, 1.807) is 6.08 Å². The minimum absolute atomic E-state index is 0.219. The smallest absolute Gasteiger partial charge is 0.309 e. The molecule has 51 valence electrons. The number of carbonyl (C=O) groups is 1. The Kier molecular flexibility index (Phi) is 4.88. The van der Waals surface area contributed by atoms with Crippen LogP contribution in [0.25, 0.3) is 0 Å². The van der Waals surface area contributed by atoms with Crippen molar-refractivity contribution in [3.8, 4) is 0 Å². The fraction of sp³-hybridized carbons (Fsp3) is 0.429. The Morgan fingerprint density at radius 3 is 2.89 bits per heavy atom. The molecule has 0 bridgehead atoms. The number of hydrogen-bond acceptors (Lipinski definition) is 2. The average Bonchev–Trinajstić information content (AvgIpc) is 1.85. The summed E-state index contributed by atoms with van der Waals surface area (Å²) in [6.45, 7) is 5.44. The fourth-order valence-electron chi connectivity index (χ4n) is 0.387. The minimum atomic E-state index is -0.219. The van der Waals surface area contributed by atoms with Crippen LogP contribution in [0.2, 0.25) is 0 Å². The minimum Gasteiger partial charge on any atom is -0.465 e. The van der Waals surface area contributed by atoms with Crippen LogP contribution >= 0.6 is 0 Å². The van der Waals surface area contributed by atoms with Crippen LogP contribution in [0.1, 0.15) is 13.3 Å². The van der Waals surface area contributed by atoms with E-state index in [0.717, 1.165) is 0 Å². The van der Waals surface area contributed by atoms with Crippen LogP contribution in [-0.2, 0) is 9.53 Å². The van der Waals surface area contributed by atoms with E-state index >= 15 is 0 Å². The van der Waals surface area contributed by atoms with Gasteiger partial charge in [0.15, 0.2) is 0 Å². The van der Waals surface area contributed by atoms with Crippen LogP contribution < -0.4 is 0 Å². The molecule has 1 radical (unpaired) electrons. The molecule has 0 saturated heterocycles. The van der Waals surface area contributed by atoms with E-state index in [1.807, 2.05) is 13.0 Å². The second kappa shape index (κ2) is 5.35. The highest BCUT2D eigenvalue weighted by atomic mass is 16.5. The summed E-state index contributed by atoms with van der Waals surface area (Å²) in [4.78, 5) is 10.5. The molecule has 2 heteroatoms.